The van der Waals surface area contributed by atoms with Gasteiger partial charge in [0.1, 0.15) is 5.01 Å². The number of carbonyl (C=O) groups is 1. The van der Waals surface area contributed by atoms with E-state index in [1.165, 1.54) is 11.3 Å². The minimum absolute atomic E-state index is 0.190. The van der Waals surface area contributed by atoms with Crippen LogP contribution in [-0.4, -0.2) is 51.0 Å². The molecule has 1 aromatic carbocycles. The first-order chi connectivity index (χ1) is 11.8. The van der Waals surface area contributed by atoms with Crippen molar-refractivity contribution in [2.45, 2.75) is 6.54 Å². The van der Waals surface area contributed by atoms with Gasteiger partial charge in [-0.2, -0.15) is 0 Å². The summed E-state index contributed by atoms with van der Waals surface area (Å²) in [6.45, 7) is 1.34. The third-order valence-electron chi connectivity index (χ3n) is 3.40. The Balaban J connectivity index is 1.78. The fourth-order valence-electron chi connectivity index (χ4n) is 2.18. The van der Waals surface area contributed by atoms with Crippen molar-refractivity contribution >= 4 is 17.2 Å². The first-order valence-corrected chi connectivity index (χ1v) is 8.30. The number of thiazole rings is 1. The van der Waals surface area contributed by atoms with E-state index in [9.17, 15) is 4.79 Å². The smallest absolute Gasteiger partial charge is 0.276 e. The molecule has 0 atom stereocenters. The van der Waals surface area contributed by atoms with Crippen LogP contribution < -0.4 is 0 Å². The summed E-state index contributed by atoms with van der Waals surface area (Å²) in [7, 11) is 1.61. The number of nitrogens with zero attached hydrogens (tertiary/aromatic N) is 5. The molecule has 7 nitrogen and oxygen atoms in total. The number of aromatic nitrogens is 4. The quantitative estimate of drug-likeness (QED) is 0.656. The van der Waals surface area contributed by atoms with Crippen LogP contribution in [-0.2, 0) is 11.3 Å². The van der Waals surface area contributed by atoms with Crippen molar-refractivity contribution in [3.05, 3.63) is 58.8 Å². The minimum atomic E-state index is -0.190. The third kappa shape index (κ3) is 3.84. The number of amides is 1. The van der Waals surface area contributed by atoms with Gasteiger partial charge < -0.3 is 9.64 Å². The fraction of sp³-hybridized carbons (Fsp3) is 0.250. The van der Waals surface area contributed by atoms with Crippen LogP contribution in [0.15, 0.2) is 48.1 Å². The van der Waals surface area contributed by atoms with Gasteiger partial charge in [0, 0.05) is 25.2 Å². The maximum Gasteiger partial charge on any atom is 0.276 e. The monoisotopic (exact) mass is 343 g/mol. The first-order valence-electron chi connectivity index (χ1n) is 7.42. The van der Waals surface area contributed by atoms with Crippen molar-refractivity contribution in [1.29, 1.82) is 0 Å². The fourth-order valence-corrected chi connectivity index (χ4v) is 2.81. The van der Waals surface area contributed by atoms with Crippen LogP contribution in [0.2, 0.25) is 0 Å². The number of hydrogen-bond donors (Lipinski definition) is 0. The summed E-state index contributed by atoms with van der Waals surface area (Å²) in [4.78, 5) is 18.7. The summed E-state index contributed by atoms with van der Waals surface area (Å²) < 4.78 is 6.69. The van der Waals surface area contributed by atoms with Gasteiger partial charge in [-0.15, -0.1) is 16.4 Å². The number of rotatable bonds is 7. The summed E-state index contributed by atoms with van der Waals surface area (Å²) in [6.07, 6.45) is 3.37. The molecule has 3 aromatic rings. The number of carbonyl (C=O) groups excluding carboxylic acids is 1. The average molecular weight is 343 g/mol. The van der Waals surface area contributed by atoms with Crippen molar-refractivity contribution in [3.8, 4) is 5.69 Å². The lowest BCUT2D eigenvalue weighted by Crippen LogP contribution is -2.33. The Morgan fingerprint density at radius 2 is 2.17 bits per heavy atom. The Kier molecular flexibility index (Phi) is 5.29. The molecule has 0 aliphatic rings. The number of hydrogen-bond acceptors (Lipinski definition) is 6. The molecule has 2 heterocycles. The molecule has 1 amide bonds. The molecule has 8 heteroatoms. The van der Waals surface area contributed by atoms with Gasteiger partial charge in [-0.25, -0.2) is 9.67 Å². The van der Waals surface area contributed by atoms with Gasteiger partial charge in [0.15, 0.2) is 5.69 Å². The topological polar surface area (TPSA) is 73.1 Å². The highest BCUT2D eigenvalue weighted by Gasteiger charge is 2.20. The number of para-hydroxylation sites is 1. The molecular formula is C16H17N5O2S. The van der Waals surface area contributed by atoms with Crippen LogP contribution in [0.5, 0.6) is 0 Å². The van der Waals surface area contributed by atoms with Crippen LogP contribution in [0.1, 0.15) is 15.5 Å². The molecule has 0 saturated heterocycles. The zero-order chi connectivity index (χ0) is 16.8. The van der Waals surface area contributed by atoms with Gasteiger partial charge in [0.2, 0.25) is 0 Å². The van der Waals surface area contributed by atoms with Gasteiger partial charge in [-0.1, -0.05) is 23.4 Å². The van der Waals surface area contributed by atoms with Crippen molar-refractivity contribution < 1.29 is 9.53 Å². The van der Waals surface area contributed by atoms with Crippen molar-refractivity contribution in [2.24, 2.45) is 0 Å². The lowest BCUT2D eigenvalue weighted by Gasteiger charge is -2.19. The molecule has 0 radical (unpaired) electrons. The van der Waals surface area contributed by atoms with Crippen molar-refractivity contribution in [1.82, 2.24) is 24.9 Å². The molecule has 124 valence electrons. The molecule has 24 heavy (non-hydrogen) atoms. The van der Waals surface area contributed by atoms with Gasteiger partial charge in [-0.3, -0.25) is 4.79 Å². The average Bonchev–Trinajstić information content (AvgIpc) is 3.30. The highest BCUT2D eigenvalue weighted by atomic mass is 32.1. The third-order valence-corrected chi connectivity index (χ3v) is 4.16. The van der Waals surface area contributed by atoms with E-state index in [2.05, 4.69) is 15.3 Å². The molecule has 0 unspecified atom stereocenters. The van der Waals surface area contributed by atoms with Gasteiger partial charge in [0.05, 0.1) is 25.0 Å². The Morgan fingerprint density at radius 3 is 2.88 bits per heavy atom. The summed E-state index contributed by atoms with van der Waals surface area (Å²) in [5.41, 5.74) is 1.15. The molecular weight excluding hydrogens is 326 g/mol. The van der Waals surface area contributed by atoms with Crippen LogP contribution >= 0.6 is 11.3 Å². The Labute approximate surface area is 143 Å². The van der Waals surface area contributed by atoms with Gasteiger partial charge in [0.25, 0.3) is 5.91 Å². The number of methoxy groups -OCH3 is 1. The normalized spacial score (nSPS) is 10.7. The molecule has 0 saturated carbocycles. The Morgan fingerprint density at radius 1 is 1.33 bits per heavy atom. The second-order valence-corrected chi connectivity index (χ2v) is 6.01. The van der Waals surface area contributed by atoms with Crippen LogP contribution in [0, 0.1) is 0 Å². The summed E-state index contributed by atoms with van der Waals surface area (Å²) in [5.74, 6) is -0.190. The summed E-state index contributed by atoms with van der Waals surface area (Å²) >= 11 is 1.51. The van der Waals surface area contributed by atoms with Gasteiger partial charge >= 0.3 is 0 Å². The summed E-state index contributed by atoms with van der Waals surface area (Å²) in [5, 5.41) is 10.8. The first kappa shape index (κ1) is 16.3. The van der Waals surface area contributed by atoms with Crippen LogP contribution in [0.3, 0.4) is 0 Å². The predicted octanol–water partition coefficient (Wildman–Crippen LogP) is 2.01. The zero-order valence-corrected chi connectivity index (χ0v) is 14.0. The number of benzene rings is 1. The van der Waals surface area contributed by atoms with E-state index >= 15 is 0 Å². The lowest BCUT2D eigenvalue weighted by atomic mass is 10.3. The van der Waals surface area contributed by atoms with E-state index in [1.807, 2.05) is 35.7 Å². The van der Waals surface area contributed by atoms with E-state index in [-0.39, 0.29) is 5.91 Å². The summed E-state index contributed by atoms with van der Waals surface area (Å²) in [6, 6.07) is 9.55. The maximum atomic E-state index is 12.8. The SMILES string of the molecule is COCCN(Cc1nccs1)C(=O)c1cn(-c2ccccc2)nn1. The zero-order valence-electron chi connectivity index (χ0n) is 13.2. The van der Waals surface area contributed by atoms with Crippen molar-refractivity contribution in [2.75, 3.05) is 20.3 Å². The van der Waals surface area contributed by atoms with Crippen molar-refractivity contribution in [3.63, 3.8) is 0 Å². The second-order valence-electron chi connectivity index (χ2n) is 5.03. The van der Waals surface area contributed by atoms with E-state index in [1.54, 1.807) is 29.1 Å². The lowest BCUT2D eigenvalue weighted by molar-refractivity contribution is 0.0674. The highest BCUT2D eigenvalue weighted by Crippen LogP contribution is 2.12. The standard InChI is InChI=1S/C16H17N5O2S/c1-23-9-8-20(12-15-17-7-10-24-15)16(22)14-11-21(19-18-14)13-5-3-2-4-6-13/h2-7,10-11H,8-9,12H2,1H3. The molecule has 0 spiro atoms. The Hall–Kier alpha value is -2.58. The van der Waals surface area contributed by atoms with Gasteiger partial charge in [-0.05, 0) is 12.1 Å². The molecule has 0 aliphatic heterocycles. The second kappa shape index (κ2) is 7.80. The van der Waals surface area contributed by atoms with E-state index in [0.717, 1.165) is 10.7 Å². The number of ether oxygens (including phenoxy) is 1. The molecule has 0 aliphatic carbocycles. The van der Waals surface area contributed by atoms with E-state index < -0.39 is 0 Å². The van der Waals surface area contributed by atoms with E-state index in [0.29, 0.717) is 25.4 Å². The maximum absolute atomic E-state index is 12.8. The molecule has 3 rings (SSSR count). The van der Waals surface area contributed by atoms with E-state index in [4.69, 9.17) is 4.74 Å². The Bertz CT molecular complexity index is 773. The van der Waals surface area contributed by atoms with Crippen LogP contribution in [0.4, 0.5) is 0 Å². The highest BCUT2D eigenvalue weighted by molar-refractivity contribution is 7.09. The molecule has 0 bridgehead atoms. The minimum Gasteiger partial charge on any atom is -0.383 e. The predicted molar refractivity (Wildman–Crippen MR) is 90.1 cm³/mol. The largest absolute Gasteiger partial charge is 0.383 e. The molecule has 2 aromatic heterocycles. The molecule has 0 N–H and O–H groups in total. The molecule has 0 fully saturated rings. The van der Waals surface area contributed by atoms with Crippen LogP contribution in [0.25, 0.3) is 5.69 Å².